The molecule has 0 unspecified atom stereocenters. The van der Waals surface area contributed by atoms with E-state index in [4.69, 9.17) is 0 Å². The summed E-state index contributed by atoms with van der Waals surface area (Å²) in [6, 6.07) is 7.88. The molecule has 1 aromatic carbocycles. The Balaban J connectivity index is 2.21. The Kier molecular flexibility index (Phi) is 3.56. The molecule has 2 N–H and O–H groups in total. The molecule has 0 aromatic heterocycles. The predicted molar refractivity (Wildman–Crippen MR) is 64.1 cm³/mol. The van der Waals surface area contributed by atoms with E-state index < -0.39 is 5.67 Å². The Morgan fingerprint density at radius 1 is 1.38 bits per heavy atom. The van der Waals surface area contributed by atoms with E-state index >= 15 is 0 Å². The first-order chi connectivity index (χ1) is 7.74. The number of rotatable bonds is 3. The fourth-order valence-corrected chi connectivity index (χ4v) is 2.28. The Bertz CT molecular complexity index is 346. The van der Waals surface area contributed by atoms with Crippen LogP contribution in [0.4, 0.5) is 4.39 Å². The number of benzene rings is 1. The highest BCUT2D eigenvalue weighted by molar-refractivity contribution is 5.29. The predicted octanol–water partition coefficient (Wildman–Crippen LogP) is 1.95. The Labute approximate surface area is 96.2 Å². The van der Waals surface area contributed by atoms with Gasteiger partial charge in [0.1, 0.15) is 5.67 Å². The zero-order valence-electron chi connectivity index (χ0n) is 9.72. The molecule has 0 aliphatic carbocycles. The molecule has 2 nitrogen and oxygen atoms in total. The smallest absolute Gasteiger partial charge is 0.138 e. The SMILES string of the molecule is CNCc1cccc(C2(F)CCNCC2)c1. The topological polar surface area (TPSA) is 24.1 Å². The van der Waals surface area contributed by atoms with Crippen LogP contribution in [0.1, 0.15) is 24.0 Å². The van der Waals surface area contributed by atoms with Gasteiger partial charge in [0.05, 0.1) is 0 Å². The van der Waals surface area contributed by atoms with Crippen LogP contribution in [0.25, 0.3) is 0 Å². The lowest BCUT2D eigenvalue weighted by Gasteiger charge is -2.30. The van der Waals surface area contributed by atoms with Gasteiger partial charge in [-0.15, -0.1) is 0 Å². The van der Waals surface area contributed by atoms with E-state index in [9.17, 15) is 4.39 Å². The molecular weight excluding hydrogens is 203 g/mol. The van der Waals surface area contributed by atoms with Crippen LogP contribution in [0.5, 0.6) is 0 Å². The first-order valence-corrected chi connectivity index (χ1v) is 5.88. The molecule has 1 aliphatic heterocycles. The molecule has 1 fully saturated rings. The van der Waals surface area contributed by atoms with Gasteiger partial charge in [0, 0.05) is 6.54 Å². The second kappa shape index (κ2) is 4.93. The average Bonchev–Trinajstić information content (AvgIpc) is 2.31. The van der Waals surface area contributed by atoms with Crippen molar-refractivity contribution in [3.8, 4) is 0 Å². The molecule has 0 saturated carbocycles. The van der Waals surface area contributed by atoms with Crippen LogP contribution in [0.15, 0.2) is 24.3 Å². The van der Waals surface area contributed by atoms with Gasteiger partial charge in [-0.2, -0.15) is 0 Å². The fraction of sp³-hybridized carbons (Fsp3) is 0.538. The maximum Gasteiger partial charge on any atom is 0.138 e. The molecule has 0 atom stereocenters. The molecule has 3 heteroatoms. The van der Waals surface area contributed by atoms with Crippen molar-refractivity contribution in [1.82, 2.24) is 10.6 Å². The Hall–Kier alpha value is -0.930. The van der Waals surface area contributed by atoms with Crippen LogP contribution in [-0.2, 0) is 12.2 Å². The summed E-state index contributed by atoms with van der Waals surface area (Å²) in [5.74, 6) is 0. The van der Waals surface area contributed by atoms with Gasteiger partial charge in [-0.1, -0.05) is 24.3 Å². The first kappa shape index (κ1) is 11.6. The van der Waals surface area contributed by atoms with Crippen LogP contribution in [0.3, 0.4) is 0 Å². The molecule has 1 aliphatic rings. The normalized spacial score (nSPS) is 19.6. The summed E-state index contributed by atoms with van der Waals surface area (Å²) >= 11 is 0. The van der Waals surface area contributed by atoms with E-state index in [0.29, 0.717) is 12.8 Å². The van der Waals surface area contributed by atoms with Gasteiger partial charge >= 0.3 is 0 Å². The molecule has 1 heterocycles. The zero-order valence-corrected chi connectivity index (χ0v) is 9.72. The van der Waals surface area contributed by atoms with Crippen LogP contribution in [0.2, 0.25) is 0 Å². The van der Waals surface area contributed by atoms with Crippen molar-refractivity contribution in [2.75, 3.05) is 20.1 Å². The van der Waals surface area contributed by atoms with Gasteiger partial charge in [-0.05, 0) is 44.1 Å². The van der Waals surface area contributed by atoms with E-state index in [1.165, 1.54) is 0 Å². The van der Waals surface area contributed by atoms with Gasteiger partial charge in [0.15, 0.2) is 0 Å². The van der Waals surface area contributed by atoms with Crippen molar-refractivity contribution >= 4 is 0 Å². The third-order valence-electron chi connectivity index (χ3n) is 3.22. The minimum atomic E-state index is -1.13. The summed E-state index contributed by atoms with van der Waals surface area (Å²) in [4.78, 5) is 0. The second-order valence-corrected chi connectivity index (χ2v) is 4.45. The van der Waals surface area contributed by atoms with Crippen LogP contribution < -0.4 is 10.6 Å². The number of nitrogens with one attached hydrogen (secondary N) is 2. The molecule has 0 bridgehead atoms. The lowest BCUT2D eigenvalue weighted by atomic mass is 9.86. The lowest BCUT2D eigenvalue weighted by Crippen LogP contribution is -2.36. The average molecular weight is 222 g/mol. The second-order valence-electron chi connectivity index (χ2n) is 4.45. The number of piperidine rings is 1. The zero-order chi connectivity index (χ0) is 11.4. The maximum absolute atomic E-state index is 14.7. The summed E-state index contributed by atoms with van der Waals surface area (Å²) in [5, 5.41) is 6.29. The van der Waals surface area contributed by atoms with Crippen molar-refractivity contribution in [2.24, 2.45) is 0 Å². The molecule has 0 spiro atoms. The molecule has 1 aromatic rings. The highest BCUT2D eigenvalue weighted by atomic mass is 19.1. The van der Waals surface area contributed by atoms with Gasteiger partial charge in [0.25, 0.3) is 0 Å². The Morgan fingerprint density at radius 2 is 2.12 bits per heavy atom. The third kappa shape index (κ3) is 2.42. The van der Waals surface area contributed by atoms with E-state index in [1.807, 2.05) is 31.3 Å². The number of halogens is 1. The number of alkyl halides is 1. The largest absolute Gasteiger partial charge is 0.316 e. The summed E-state index contributed by atoms with van der Waals surface area (Å²) in [5.41, 5.74) is 0.854. The van der Waals surface area contributed by atoms with E-state index in [2.05, 4.69) is 10.6 Å². The molecule has 0 radical (unpaired) electrons. The van der Waals surface area contributed by atoms with E-state index in [0.717, 1.165) is 30.8 Å². The van der Waals surface area contributed by atoms with Gasteiger partial charge in [0.2, 0.25) is 0 Å². The van der Waals surface area contributed by atoms with Crippen LogP contribution in [-0.4, -0.2) is 20.1 Å². The van der Waals surface area contributed by atoms with Crippen molar-refractivity contribution in [1.29, 1.82) is 0 Å². The molecule has 16 heavy (non-hydrogen) atoms. The van der Waals surface area contributed by atoms with E-state index in [-0.39, 0.29) is 0 Å². The molecule has 1 saturated heterocycles. The fourth-order valence-electron chi connectivity index (χ4n) is 2.28. The van der Waals surface area contributed by atoms with Crippen molar-refractivity contribution in [3.05, 3.63) is 35.4 Å². The van der Waals surface area contributed by atoms with Gasteiger partial charge < -0.3 is 10.6 Å². The van der Waals surface area contributed by atoms with Crippen molar-refractivity contribution < 1.29 is 4.39 Å². The molecular formula is C13H19FN2. The van der Waals surface area contributed by atoms with E-state index in [1.54, 1.807) is 0 Å². The number of hydrogen-bond acceptors (Lipinski definition) is 2. The lowest BCUT2D eigenvalue weighted by molar-refractivity contribution is 0.115. The maximum atomic E-state index is 14.7. The summed E-state index contributed by atoms with van der Waals surface area (Å²) in [6.07, 6.45) is 1.16. The highest BCUT2D eigenvalue weighted by Gasteiger charge is 2.33. The summed E-state index contributed by atoms with van der Waals surface area (Å²) in [6.45, 7) is 2.34. The summed E-state index contributed by atoms with van der Waals surface area (Å²) < 4.78 is 14.7. The van der Waals surface area contributed by atoms with Crippen LogP contribution in [0, 0.1) is 0 Å². The Morgan fingerprint density at radius 3 is 2.81 bits per heavy atom. The molecule has 2 rings (SSSR count). The van der Waals surface area contributed by atoms with Gasteiger partial charge in [-0.3, -0.25) is 0 Å². The third-order valence-corrected chi connectivity index (χ3v) is 3.22. The quantitative estimate of drug-likeness (QED) is 0.817. The highest BCUT2D eigenvalue weighted by Crippen LogP contribution is 2.35. The number of hydrogen-bond donors (Lipinski definition) is 2. The minimum absolute atomic E-state index is 0.579. The summed E-state index contributed by atoms with van der Waals surface area (Å²) in [7, 11) is 1.91. The van der Waals surface area contributed by atoms with Gasteiger partial charge in [-0.25, -0.2) is 4.39 Å². The monoisotopic (exact) mass is 222 g/mol. The molecule has 88 valence electrons. The minimum Gasteiger partial charge on any atom is -0.316 e. The van der Waals surface area contributed by atoms with Crippen LogP contribution >= 0.6 is 0 Å². The van der Waals surface area contributed by atoms with Crippen molar-refractivity contribution in [3.63, 3.8) is 0 Å². The molecule has 0 amide bonds. The standard InChI is InChI=1S/C13H19FN2/c1-15-10-11-3-2-4-12(9-11)13(14)5-7-16-8-6-13/h2-4,9,15-16H,5-8,10H2,1H3. The first-order valence-electron chi connectivity index (χ1n) is 5.88. The van der Waals surface area contributed by atoms with Crippen molar-refractivity contribution in [2.45, 2.75) is 25.1 Å².